The molecule has 0 aliphatic rings. The van der Waals surface area contributed by atoms with Crippen molar-refractivity contribution in [1.29, 1.82) is 0 Å². The predicted octanol–water partition coefficient (Wildman–Crippen LogP) is 0.453. The van der Waals surface area contributed by atoms with E-state index in [1.807, 2.05) is 19.2 Å². The fourth-order valence-electron chi connectivity index (χ4n) is 1.35. The van der Waals surface area contributed by atoms with Crippen molar-refractivity contribution < 1.29 is 9.90 Å². The van der Waals surface area contributed by atoms with E-state index >= 15 is 0 Å². The van der Waals surface area contributed by atoms with Gasteiger partial charge in [0, 0.05) is 19.6 Å². The molecule has 0 bridgehead atoms. The number of benzene rings is 1. The van der Waals surface area contributed by atoms with Crippen molar-refractivity contribution in [3.8, 4) is 5.75 Å². The van der Waals surface area contributed by atoms with Crippen LogP contribution in [-0.4, -0.2) is 37.8 Å². The van der Waals surface area contributed by atoms with Crippen LogP contribution in [0.25, 0.3) is 0 Å². The maximum atomic E-state index is 11.3. The van der Waals surface area contributed by atoms with E-state index in [9.17, 15) is 4.79 Å². The summed E-state index contributed by atoms with van der Waals surface area (Å²) in [5.74, 6) is 0.256. The number of amides is 2. The zero-order chi connectivity index (χ0) is 12.5. The number of carbonyl (C=O) groups excluding carboxylic acids is 1. The Balaban J connectivity index is 2.14. The Morgan fingerprint density at radius 2 is 1.76 bits per heavy atom. The first kappa shape index (κ1) is 13.3. The van der Waals surface area contributed by atoms with Gasteiger partial charge in [0.05, 0.1) is 0 Å². The molecule has 0 fully saturated rings. The topological polar surface area (TPSA) is 73.4 Å². The van der Waals surface area contributed by atoms with Crippen LogP contribution in [0, 0.1) is 0 Å². The molecule has 0 aliphatic carbocycles. The van der Waals surface area contributed by atoms with E-state index in [4.69, 9.17) is 5.11 Å². The van der Waals surface area contributed by atoms with Crippen LogP contribution in [0.2, 0.25) is 0 Å². The minimum atomic E-state index is -0.154. The summed E-state index contributed by atoms with van der Waals surface area (Å²) in [6, 6.07) is 6.82. The second kappa shape index (κ2) is 7.51. The molecule has 2 amide bonds. The Morgan fingerprint density at radius 1 is 1.12 bits per heavy atom. The van der Waals surface area contributed by atoms with Crippen LogP contribution in [0.3, 0.4) is 0 Å². The largest absolute Gasteiger partial charge is 0.508 e. The minimum absolute atomic E-state index is 0.154. The van der Waals surface area contributed by atoms with Crippen LogP contribution in [0.4, 0.5) is 4.79 Å². The van der Waals surface area contributed by atoms with Crippen LogP contribution in [-0.2, 0) is 6.42 Å². The van der Waals surface area contributed by atoms with Crippen molar-refractivity contribution in [2.75, 3.05) is 26.7 Å². The van der Waals surface area contributed by atoms with E-state index in [-0.39, 0.29) is 11.8 Å². The second-order valence-electron chi connectivity index (χ2n) is 3.70. The molecule has 1 aromatic carbocycles. The third-order valence-electron chi connectivity index (χ3n) is 2.30. The third-order valence-corrected chi connectivity index (χ3v) is 2.30. The van der Waals surface area contributed by atoms with Gasteiger partial charge >= 0.3 is 6.03 Å². The number of carbonyl (C=O) groups is 1. The summed E-state index contributed by atoms with van der Waals surface area (Å²) in [5, 5.41) is 17.5. The molecule has 5 heteroatoms. The molecule has 0 aromatic heterocycles. The highest BCUT2D eigenvalue weighted by atomic mass is 16.3. The smallest absolute Gasteiger partial charge is 0.314 e. The van der Waals surface area contributed by atoms with Gasteiger partial charge in [-0.3, -0.25) is 0 Å². The molecular weight excluding hydrogens is 218 g/mol. The average Bonchev–Trinajstić information content (AvgIpc) is 2.32. The van der Waals surface area contributed by atoms with Gasteiger partial charge in [-0.05, 0) is 31.2 Å². The molecule has 0 spiro atoms. The van der Waals surface area contributed by atoms with Crippen molar-refractivity contribution >= 4 is 6.03 Å². The molecule has 4 N–H and O–H groups in total. The Labute approximate surface area is 101 Å². The van der Waals surface area contributed by atoms with Gasteiger partial charge in [-0.15, -0.1) is 0 Å². The molecule has 0 heterocycles. The summed E-state index contributed by atoms with van der Waals surface area (Å²) in [5.41, 5.74) is 1.08. The fraction of sp³-hybridized carbons (Fsp3) is 0.417. The average molecular weight is 237 g/mol. The SMILES string of the molecule is CNCCNC(=O)NCCc1ccc(O)cc1. The molecule has 0 unspecified atom stereocenters. The zero-order valence-electron chi connectivity index (χ0n) is 9.99. The molecule has 17 heavy (non-hydrogen) atoms. The van der Waals surface area contributed by atoms with Gasteiger partial charge in [0.25, 0.3) is 0 Å². The number of phenols is 1. The molecule has 94 valence electrons. The van der Waals surface area contributed by atoms with Crippen LogP contribution in [0.1, 0.15) is 5.56 Å². The molecular formula is C12H19N3O2. The zero-order valence-corrected chi connectivity index (χ0v) is 9.99. The van der Waals surface area contributed by atoms with Crippen molar-refractivity contribution in [1.82, 2.24) is 16.0 Å². The standard InChI is InChI=1S/C12H19N3O2/c1-13-8-9-15-12(17)14-7-6-10-2-4-11(16)5-3-10/h2-5,13,16H,6-9H2,1H3,(H2,14,15,17). The van der Waals surface area contributed by atoms with E-state index < -0.39 is 0 Å². The molecule has 1 aromatic rings. The highest BCUT2D eigenvalue weighted by Gasteiger charge is 1.98. The first-order chi connectivity index (χ1) is 8.22. The number of hydrogen-bond acceptors (Lipinski definition) is 3. The van der Waals surface area contributed by atoms with Crippen molar-refractivity contribution in [2.45, 2.75) is 6.42 Å². The van der Waals surface area contributed by atoms with Gasteiger partial charge < -0.3 is 21.1 Å². The highest BCUT2D eigenvalue weighted by molar-refractivity contribution is 5.73. The maximum Gasteiger partial charge on any atom is 0.314 e. The van der Waals surface area contributed by atoms with Crippen LogP contribution < -0.4 is 16.0 Å². The lowest BCUT2D eigenvalue weighted by molar-refractivity contribution is 0.241. The van der Waals surface area contributed by atoms with Gasteiger partial charge in [-0.2, -0.15) is 0 Å². The Morgan fingerprint density at radius 3 is 2.41 bits per heavy atom. The van der Waals surface area contributed by atoms with Gasteiger partial charge in [0.2, 0.25) is 0 Å². The summed E-state index contributed by atoms with van der Waals surface area (Å²) in [6.45, 7) is 1.95. The van der Waals surface area contributed by atoms with E-state index in [0.717, 1.165) is 18.5 Å². The van der Waals surface area contributed by atoms with E-state index in [1.54, 1.807) is 12.1 Å². The maximum absolute atomic E-state index is 11.3. The lowest BCUT2D eigenvalue weighted by Crippen LogP contribution is -2.39. The summed E-state index contributed by atoms with van der Waals surface area (Å²) in [6.07, 6.45) is 0.750. The van der Waals surface area contributed by atoms with Crippen LogP contribution >= 0.6 is 0 Å². The van der Waals surface area contributed by atoms with E-state index in [2.05, 4.69) is 16.0 Å². The first-order valence-corrected chi connectivity index (χ1v) is 5.66. The van der Waals surface area contributed by atoms with Crippen LogP contribution in [0.5, 0.6) is 5.75 Å². The number of likely N-dealkylation sites (N-methyl/N-ethyl adjacent to an activating group) is 1. The first-order valence-electron chi connectivity index (χ1n) is 5.66. The highest BCUT2D eigenvalue weighted by Crippen LogP contribution is 2.09. The van der Waals surface area contributed by atoms with Gasteiger partial charge in [0.1, 0.15) is 5.75 Å². The molecule has 0 atom stereocenters. The molecule has 0 saturated carbocycles. The van der Waals surface area contributed by atoms with Gasteiger partial charge in [-0.1, -0.05) is 12.1 Å². The number of phenolic OH excluding ortho intramolecular Hbond substituents is 1. The lowest BCUT2D eigenvalue weighted by atomic mass is 10.1. The minimum Gasteiger partial charge on any atom is -0.508 e. The summed E-state index contributed by atoms with van der Waals surface area (Å²) >= 11 is 0. The van der Waals surface area contributed by atoms with Crippen molar-refractivity contribution in [3.05, 3.63) is 29.8 Å². The van der Waals surface area contributed by atoms with E-state index in [1.165, 1.54) is 0 Å². The monoisotopic (exact) mass is 237 g/mol. The predicted molar refractivity (Wildman–Crippen MR) is 67.1 cm³/mol. The number of nitrogens with one attached hydrogen (secondary N) is 3. The molecule has 0 aliphatic heterocycles. The summed E-state index contributed by atoms with van der Waals surface area (Å²) < 4.78 is 0. The number of rotatable bonds is 6. The normalized spacial score (nSPS) is 9.94. The number of hydrogen-bond donors (Lipinski definition) is 4. The lowest BCUT2D eigenvalue weighted by Gasteiger charge is -2.07. The summed E-state index contributed by atoms with van der Waals surface area (Å²) in [4.78, 5) is 11.3. The molecule has 0 radical (unpaired) electrons. The molecule has 5 nitrogen and oxygen atoms in total. The van der Waals surface area contributed by atoms with Crippen molar-refractivity contribution in [2.24, 2.45) is 0 Å². The molecule has 0 saturated heterocycles. The van der Waals surface area contributed by atoms with Gasteiger partial charge in [-0.25, -0.2) is 4.79 Å². The number of urea groups is 1. The van der Waals surface area contributed by atoms with Crippen molar-refractivity contribution in [3.63, 3.8) is 0 Å². The van der Waals surface area contributed by atoms with E-state index in [0.29, 0.717) is 13.1 Å². The fourth-order valence-corrected chi connectivity index (χ4v) is 1.35. The summed E-state index contributed by atoms with van der Waals surface area (Å²) in [7, 11) is 1.84. The Kier molecular flexibility index (Phi) is 5.88. The van der Waals surface area contributed by atoms with Gasteiger partial charge in [0.15, 0.2) is 0 Å². The number of aromatic hydroxyl groups is 1. The Bertz CT molecular complexity index is 338. The second-order valence-corrected chi connectivity index (χ2v) is 3.70. The Hall–Kier alpha value is -1.75. The molecule has 1 rings (SSSR count). The van der Waals surface area contributed by atoms with Crippen LogP contribution in [0.15, 0.2) is 24.3 Å². The quantitative estimate of drug-likeness (QED) is 0.543. The third kappa shape index (κ3) is 5.77.